The van der Waals surface area contributed by atoms with E-state index in [-0.39, 0.29) is 17.8 Å². The van der Waals surface area contributed by atoms with E-state index in [1.54, 1.807) is 6.92 Å². The Morgan fingerprint density at radius 2 is 1.52 bits per heavy atom. The summed E-state index contributed by atoms with van der Waals surface area (Å²) < 4.78 is 4.61. The van der Waals surface area contributed by atoms with E-state index in [0.717, 1.165) is 17.2 Å². The zero-order valence-electron chi connectivity index (χ0n) is 18.3. The Morgan fingerprint density at radius 3 is 2.03 bits per heavy atom. The SMILES string of the molecule is COC(=O)C(C)CNC(=O)c1cc(=O)c(C(=O)NC(c2ccccc2)c2ccccc2)c[nH]1. The van der Waals surface area contributed by atoms with Gasteiger partial charge in [-0.15, -0.1) is 0 Å². The second-order valence-electron chi connectivity index (χ2n) is 7.49. The molecule has 0 aliphatic rings. The summed E-state index contributed by atoms with van der Waals surface area (Å²) in [4.78, 5) is 52.0. The van der Waals surface area contributed by atoms with E-state index in [2.05, 4.69) is 20.4 Å². The van der Waals surface area contributed by atoms with E-state index in [1.807, 2.05) is 60.7 Å². The van der Waals surface area contributed by atoms with Crippen LogP contribution in [-0.2, 0) is 9.53 Å². The molecule has 3 N–H and O–H groups in total. The van der Waals surface area contributed by atoms with Crippen LogP contribution >= 0.6 is 0 Å². The minimum atomic E-state index is -0.600. The molecule has 1 aromatic heterocycles. The average molecular weight is 447 g/mol. The third kappa shape index (κ3) is 5.94. The lowest BCUT2D eigenvalue weighted by molar-refractivity contribution is -0.144. The Balaban J connectivity index is 1.76. The van der Waals surface area contributed by atoms with Crippen LogP contribution in [0.4, 0.5) is 0 Å². The lowest BCUT2D eigenvalue weighted by Gasteiger charge is -2.20. The molecule has 2 amide bonds. The van der Waals surface area contributed by atoms with Gasteiger partial charge in [-0.3, -0.25) is 19.2 Å². The number of hydrogen-bond donors (Lipinski definition) is 3. The zero-order valence-corrected chi connectivity index (χ0v) is 18.3. The largest absolute Gasteiger partial charge is 0.469 e. The van der Waals surface area contributed by atoms with Crippen molar-refractivity contribution in [3.8, 4) is 0 Å². The number of methoxy groups -OCH3 is 1. The summed E-state index contributed by atoms with van der Waals surface area (Å²) in [6.45, 7) is 1.66. The zero-order chi connectivity index (χ0) is 23.8. The first kappa shape index (κ1) is 23.5. The van der Waals surface area contributed by atoms with E-state index in [4.69, 9.17) is 0 Å². The number of carbonyl (C=O) groups excluding carboxylic acids is 3. The quantitative estimate of drug-likeness (QED) is 0.459. The van der Waals surface area contributed by atoms with Gasteiger partial charge in [0.15, 0.2) is 5.43 Å². The van der Waals surface area contributed by atoms with Gasteiger partial charge in [0, 0.05) is 18.8 Å². The molecule has 0 saturated heterocycles. The third-order valence-corrected chi connectivity index (χ3v) is 5.12. The Hall–Kier alpha value is -4.20. The number of aromatic amines is 1. The number of rotatable bonds is 8. The maximum absolute atomic E-state index is 12.9. The van der Waals surface area contributed by atoms with E-state index in [9.17, 15) is 19.2 Å². The molecule has 1 atom stereocenters. The first-order chi connectivity index (χ1) is 15.9. The summed E-state index contributed by atoms with van der Waals surface area (Å²) in [5.74, 6) is -2.13. The van der Waals surface area contributed by atoms with Crippen molar-refractivity contribution in [1.82, 2.24) is 15.6 Å². The molecule has 33 heavy (non-hydrogen) atoms. The monoisotopic (exact) mass is 447 g/mol. The van der Waals surface area contributed by atoms with Crippen LogP contribution in [0.2, 0.25) is 0 Å². The van der Waals surface area contributed by atoms with Gasteiger partial charge in [-0.1, -0.05) is 67.6 Å². The number of hydrogen-bond acceptors (Lipinski definition) is 5. The van der Waals surface area contributed by atoms with Gasteiger partial charge < -0.3 is 20.4 Å². The van der Waals surface area contributed by atoms with Crippen LogP contribution < -0.4 is 16.1 Å². The first-order valence-corrected chi connectivity index (χ1v) is 10.4. The third-order valence-electron chi connectivity index (χ3n) is 5.12. The topological polar surface area (TPSA) is 117 Å². The lowest BCUT2D eigenvalue weighted by atomic mass is 9.98. The molecule has 0 saturated carbocycles. The fraction of sp³-hybridized carbons (Fsp3) is 0.200. The molecule has 2 aromatic carbocycles. The van der Waals surface area contributed by atoms with E-state index in [0.29, 0.717) is 0 Å². The molecule has 0 spiro atoms. The molecule has 0 aliphatic heterocycles. The van der Waals surface area contributed by atoms with Crippen LogP contribution in [0.5, 0.6) is 0 Å². The van der Waals surface area contributed by atoms with E-state index >= 15 is 0 Å². The van der Waals surface area contributed by atoms with Gasteiger partial charge in [0.2, 0.25) is 0 Å². The highest BCUT2D eigenvalue weighted by Crippen LogP contribution is 2.22. The van der Waals surface area contributed by atoms with Crippen LogP contribution in [0.1, 0.15) is 44.9 Å². The molecule has 8 heteroatoms. The van der Waals surface area contributed by atoms with Crippen molar-refractivity contribution >= 4 is 17.8 Å². The Kier molecular flexibility index (Phi) is 7.75. The molecule has 3 rings (SSSR count). The molecule has 0 fully saturated rings. The number of esters is 1. The molecule has 8 nitrogen and oxygen atoms in total. The van der Waals surface area contributed by atoms with Gasteiger partial charge >= 0.3 is 5.97 Å². The molecule has 1 unspecified atom stereocenters. The number of benzene rings is 2. The van der Waals surface area contributed by atoms with E-state index in [1.165, 1.54) is 13.3 Å². The summed E-state index contributed by atoms with van der Waals surface area (Å²) >= 11 is 0. The van der Waals surface area contributed by atoms with Gasteiger partial charge in [0.1, 0.15) is 11.3 Å². The molecular formula is C25H25N3O5. The molecular weight excluding hydrogens is 422 g/mol. The highest BCUT2D eigenvalue weighted by Gasteiger charge is 2.21. The number of nitrogens with one attached hydrogen (secondary N) is 3. The number of pyridine rings is 1. The van der Waals surface area contributed by atoms with Gasteiger partial charge in [-0.2, -0.15) is 0 Å². The van der Waals surface area contributed by atoms with Crippen molar-refractivity contribution in [3.05, 3.63) is 106 Å². The molecule has 0 bridgehead atoms. The first-order valence-electron chi connectivity index (χ1n) is 10.4. The molecule has 1 heterocycles. The van der Waals surface area contributed by atoms with Crippen LogP contribution in [0.15, 0.2) is 77.7 Å². The number of amides is 2. The van der Waals surface area contributed by atoms with Crippen molar-refractivity contribution in [3.63, 3.8) is 0 Å². The second-order valence-corrected chi connectivity index (χ2v) is 7.49. The summed E-state index contributed by atoms with van der Waals surface area (Å²) in [6.07, 6.45) is 1.21. The van der Waals surface area contributed by atoms with Crippen molar-refractivity contribution in [2.24, 2.45) is 5.92 Å². The van der Waals surface area contributed by atoms with Crippen LogP contribution in [0.25, 0.3) is 0 Å². The van der Waals surface area contributed by atoms with Crippen LogP contribution in [0.3, 0.4) is 0 Å². The van der Waals surface area contributed by atoms with Gasteiger partial charge in [-0.25, -0.2) is 0 Å². The summed E-state index contributed by atoms with van der Waals surface area (Å²) in [5.41, 5.74) is 0.994. The van der Waals surface area contributed by atoms with Crippen LogP contribution in [0, 0.1) is 5.92 Å². The van der Waals surface area contributed by atoms with Gasteiger partial charge in [-0.05, 0) is 11.1 Å². The molecule has 0 aliphatic carbocycles. The van der Waals surface area contributed by atoms with Gasteiger partial charge in [0.25, 0.3) is 11.8 Å². The highest BCUT2D eigenvalue weighted by molar-refractivity contribution is 5.96. The minimum absolute atomic E-state index is 0.0173. The van der Waals surface area contributed by atoms with Crippen molar-refractivity contribution in [2.45, 2.75) is 13.0 Å². The Morgan fingerprint density at radius 1 is 0.939 bits per heavy atom. The second kappa shape index (κ2) is 10.9. The molecule has 0 radical (unpaired) electrons. The Labute approximate surface area is 191 Å². The smallest absolute Gasteiger partial charge is 0.310 e. The fourth-order valence-electron chi connectivity index (χ4n) is 3.26. The van der Waals surface area contributed by atoms with Gasteiger partial charge in [0.05, 0.1) is 19.1 Å². The summed E-state index contributed by atoms with van der Waals surface area (Å²) in [7, 11) is 1.27. The Bertz CT molecular complexity index is 1140. The normalized spacial score (nSPS) is 11.5. The van der Waals surface area contributed by atoms with Crippen molar-refractivity contribution < 1.29 is 19.1 Å². The average Bonchev–Trinajstić information content (AvgIpc) is 2.85. The molecule has 3 aromatic rings. The number of H-pyrrole nitrogens is 1. The standard InChI is InChI=1S/C25H25N3O5/c1-16(25(32)33-2)14-27-24(31)20-13-21(29)19(15-26-20)23(30)28-22(17-9-5-3-6-10-17)18-11-7-4-8-12-18/h3-13,15-16,22H,14H2,1-2H3,(H,26,29)(H,27,31)(H,28,30). The fourth-order valence-corrected chi connectivity index (χ4v) is 3.26. The predicted molar refractivity (Wildman–Crippen MR) is 123 cm³/mol. The van der Waals surface area contributed by atoms with Crippen molar-refractivity contribution in [2.75, 3.05) is 13.7 Å². The van der Waals surface area contributed by atoms with Crippen LogP contribution in [-0.4, -0.2) is 36.4 Å². The lowest BCUT2D eigenvalue weighted by Crippen LogP contribution is -2.35. The van der Waals surface area contributed by atoms with Crippen molar-refractivity contribution in [1.29, 1.82) is 0 Å². The molecule has 170 valence electrons. The number of carbonyl (C=O) groups is 3. The summed E-state index contributed by atoms with van der Waals surface area (Å²) in [5, 5.41) is 5.46. The minimum Gasteiger partial charge on any atom is -0.469 e. The maximum Gasteiger partial charge on any atom is 0.310 e. The maximum atomic E-state index is 12.9. The summed E-state index contributed by atoms with van der Waals surface area (Å²) in [6, 6.07) is 19.4. The number of aromatic nitrogens is 1. The predicted octanol–water partition coefficient (Wildman–Crippen LogP) is 2.43. The number of ether oxygens (including phenoxy) is 1. The highest BCUT2D eigenvalue weighted by atomic mass is 16.5. The van der Waals surface area contributed by atoms with E-state index < -0.39 is 35.2 Å².